The number of hydrogen-bond acceptors (Lipinski definition) is 0. The molecular formula is C55H42N2Si. The van der Waals surface area contributed by atoms with Gasteiger partial charge in [-0.1, -0.05) is 182 Å². The van der Waals surface area contributed by atoms with Crippen molar-refractivity contribution >= 4 is 67.2 Å². The summed E-state index contributed by atoms with van der Waals surface area (Å²) >= 11 is 0. The van der Waals surface area contributed by atoms with Crippen LogP contribution in [0.1, 0.15) is 6.92 Å². The Morgan fingerprint density at radius 3 is 1.55 bits per heavy atom. The number of aromatic nitrogens is 2. The van der Waals surface area contributed by atoms with Crippen LogP contribution >= 0.6 is 0 Å². The van der Waals surface area contributed by atoms with Gasteiger partial charge in [-0.15, -0.1) is 0 Å². The van der Waals surface area contributed by atoms with E-state index in [1.807, 2.05) is 12.2 Å². The van der Waals surface area contributed by atoms with Crippen molar-refractivity contribution in [2.75, 3.05) is 0 Å². The van der Waals surface area contributed by atoms with Crippen molar-refractivity contribution in [1.82, 2.24) is 9.13 Å². The van der Waals surface area contributed by atoms with E-state index < -0.39 is 8.07 Å². The molecule has 0 spiro atoms. The van der Waals surface area contributed by atoms with Crippen LogP contribution in [0.4, 0.5) is 0 Å². The summed E-state index contributed by atoms with van der Waals surface area (Å²) < 4.78 is 4.83. The third-order valence-corrected chi connectivity index (χ3v) is 16.8. The predicted octanol–water partition coefficient (Wildman–Crippen LogP) is 12.2. The van der Waals surface area contributed by atoms with E-state index in [1.165, 1.54) is 81.2 Å². The molecule has 0 radical (unpaired) electrons. The van der Waals surface area contributed by atoms with Crippen LogP contribution in [0.3, 0.4) is 0 Å². The van der Waals surface area contributed by atoms with Crippen LogP contribution in [0.25, 0.3) is 66.1 Å². The van der Waals surface area contributed by atoms with Gasteiger partial charge in [-0.3, -0.25) is 0 Å². The minimum absolute atomic E-state index is 1.14. The van der Waals surface area contributed by atoms with Crippen LogP contribution in [0.2, 0.25) is 0 Å². The van der Waals surface area contributed by atoms with E-state index in [9.17, 15) is 0 Å². The molecule has 3 heteroatoms. The third kappa shape index (κ3) is 5.70. The maximum atomic E-state index is 3.94. The molecule has 10 rings (SSSR count). The van der Waals surface area contributed by atoms with E-state index >= 15 is 0 Å². The van der Waals surface area contributed by atoms with Gasteiger partial charge in [0.15, 0.2) is 8.07 Å². The molecule has 0 bridgehead atoms. The molecule has 2 aromatic heterocycles. The molecular weight excluding hydrogens is 717 g/mol. The number of allylic oxidation sites excluding steroid dienone is 5. The second-order valence-electron chi connectivity index (χ2n) is 15.0. The van der Waals surface area contributed by atoms with Crippen molar-refractivity contribution < 1.29 is 0 Å². The van der Waals surface area contributed by atoms with Gasteiger partial charge in [0.1, 0.15) is 0 Å². The number of benzene rings is 8. The summed E-state index contributed by atoms with van der Waals surface area (Å²) in [7, 11) is -2.72. The van der Waals surface area contributed by atoms with Crippen LogP contribution in [-0.4, -0.2) is 17.2 Å². The van der Waals surface area contributed by atoms with E-state index in [0.717, 1.165) is 5.69 Å². The average Bonchev–Trinajstić information content (AvgIpc) is 3.80. The molecule has 276 valence electrons. The van der Waals surface area contributed by atoms with Crippen molar-refractivity contribution in [2.24, 2.45) is 0 Å². The van der Waals surface area contributed by atoms with Crippen molar-refractivity contribution in [3.63, 3.8) is 0 Å². The zero-order valence-electron chi connectivity index (χ0n) is 32.5. The van der Waals surface area contributed by atoms with Crippen LogP contribution in [-0.2, 0) is 0 Å². The number of nitrogens with zero attached hydrogens (tertiary/aromatic N) is 2. The Morgan fingerprint density at radius 2 is 0.914 bits per heavy atom. The Morgan fingerprint density at radius 1 is 0.414 bits per heavy atom. The molecule has 0 aliphatic carbocycles. The summed E-state index contributed by atoms with van der Waals surface area (Å²) in [5.74, 6) is 0. The SMILES string of the molecule is C=C/C=C\C=C(/C)[Si](c1ccccc1)(c1ccccc1)c1ccc2c3ccccc3n(-c3ccc(-c4ccc5c(c4)c4ccccc4n5-c4ccccc4)cc3)c2c1. The fourth-order valence-corrected chi connectivity index (χ4v) is 14.0. The summed E-state index contributed by atoms with van der Waals surface area (Å²) in [6.45, 7) is 6.25. The molecule has 0 aliphatic heterocycles. The lowest BCUT2D eigenvalue weighted by molar-refractivity contribution is 1.18. The quantitative estimate of drug-likeness (QED) is 0.0788. The summed E-state index contributed by atoms with van der Waals surface area (Å²) in [6, 6.07) is 73.7. The number of hydrogen-bond donors (Lipinski definition) is 0. The normalized spacial score (nSPS) is 12.3. The number of rotatable bonds is 9. The number of fused-ring (bicyclic) bond motifs is 6. The molecule has 58 heavy (non-hydrogen) atoms. The van der Waals surface area contributed by atoms with Gasteiger partial charge in [0.25, 0.3) is 0 Å². The van der Waals surface area contributed by atoms with Gasteiger partial charge in [0.2, 0.25) is 0 Å². The molecule has 0 saturated carbocycles. The zero-order chi connectivity index (χ0) is 39.1. The van der Waals surface area contributed by atoms with E-state index in [1.54, 1.807) is 0 Å². The molecule has 2 nitrogen and oxygen atoms in total. The lowest BCUT2D eigenvalue weighted by Gasteiger charge is -2.35. The standard InChI is InChI=1S/C55H42N2Si/c1-3-4-8-19-40(2)58(45-22-11-6-12-23-45,46-24-13-7-14-25-46)47-35-36-50-48-26-15-17-28-52(48)57(55(50)39-47)44-33-30-41(31-34-44)42-32-37-54-51(38-42)49-27-16-18-29-53(49)56(54)43-20-9-5-10-21-43/h3-39H,1H2,2H3/b8-4-,40-19+. The molecule has 0 amide bonds. The highest BCUT2D eigenvalue weighted by molar-refractivity contribution is 7.16. The van der Waals surface area contributed by atoms with Crippen LogP contribution in [0, 0.1) is 0 Å². The van der Waals surface area contributed by atoms with Gasteiger partial charge in [-0.2, -0.15) is 0 Å². The van der Waals surface area contributed by atoms with Crippen LogP contribution < -0.4 is 15.6 Å². The first kappa shape index (κ1) is 35.2. The molecule has 0 fully saturated rings. The zero-order valence-corrected chi connectivity index (χ0v) is 33.5. The maximum absolute atomic E-state index is 3.94. The molecule has 8 aromatic carbocycles. The largest absolute Gasteiger partial charge is 0.309 e. The first-order valence-electron chi connectivity index (χ1n) is 20.0. The summed E-state index contributed by atoms with van der Waals surface area (Å²) in [5.41, 5.74) is 9.54. The van der Waals surface area contributed by atoms with Gasteiger partial charge in [0, 0.05) is 32.9 Å². The molecule has 0 atom stereocenters. The van der Waals surface area contributed by atoms with E-state index in [-0.39, 0.29) is 0 Å². The van der Waals surface area contributed by atoms with Gasteiger partial charge in [-0.25, -0.2) is 0 Å². The van der Waals surface area contributed by atoms with Gasteiger partial charge < -0.3 is 9.13 Å². The summed E-state index contributed by atoms with van der Waals surface area (Å²) in [4.78, 5) is 0. The van der Waals surface area contributed by atoms with Crippen molar-refractivity contribution in [2.45, 2.75) is 6.92 Å². The van der Waals surface area contributed by atoms with Crippen LogP contribution in [0.15, 0.2) is 236 Å². The fraction of sp³-hybridized carbons (Fsp3) is 0.0182. The Bertz CT molecular complexity index is 3130. The minimum atomic E-state index is -2.72. The van der Waals surface area contributed by atoms with Gasteiger partial charge in [-0.05, 0) is 88.2 Å². The van der Waals surface area contributed by atoms with Crippen molar-refractivity contribution in [1.29, 1.82) is 0 Å². The summed E-state index contributed by atoms with van der Waals surface area (Å²) in [5, 5.41) is 10.4. The molecule has 0 N–H and O–H groups in total. The molecule has 0 saturated heterocycles. The molecule has 0 unspecified atom stereocenters. The highest BCUT2D eigenvalue weighted by Gasteiger charge is 2.41. The maximum Gasteiger partial charge on any atom is 0.175 e. The van der Waals surface area contributed by atoms with Gasteiger partial charge >= 0.3 is 0 Å². The number of para-hydroxylation sites is 3. The highest BCUT2D eigenvalue weighted by Crippen LogP contribution is 2.36. The minimum Gasteiger partial charge on any atom is -0.309 e. The third-order valence-electron chi connectivity index (χ3n) is 11.9. The second kappa shape index (κ2) is 14.7. The van der Waals surface area contributed by atoms with E-state index in [2.05, 4.69) is 235 Å². The molecule has 0 aliphatic rings. The average molecular weight is 759 g/mol. The smallest absolute Gasteiger partial charge is 0.175 e. The topological polar surface area (TPSA) is 9.86 Å². The first-order chi connectivity index (χ1) is 28.7. The Kier molecular flexibility index (Phi) is 8.93. The fourth-order valence-electron chi connectivity index (χ4n) is 9.26. The molecule has 10 aromatic rings. The van der Waals surface area contributed by atoms with Crippen molar-refractivity contribution in [3.05, 3.63) is 236 Å². The lowest BCUT2D eigenvalue weighted by atomic mass is 10.0. The monoisotopic (exact) mass is 758 g/mol. The first-order valence-corrected chi connectivity index (χ1v) is 22.0. The molecule has 2 heterocycles. The van der Waals surface area contributed by atoms with Gasteiger partial charge in [0.05, 0.1) is 22.1 Å². The summed E-state index contributed by atoms with van der Waals surface area (Å²) in [6.07, 6.45) is 8.29. The second-order valence-corrected chi connectivity index (χ2v) is 19.0. The lowest BCUT2D eigenvalue weighted by Crippen LogP contribution is -2.68. The Balaban J connectivity index is 1.15. The van der Waals surface area contributed by atoms with Crippen LogP contribution in [0.5, 0.6) is 0 Å². The van der Waals surface area contributed by atoms with Crippen molar-refractivity contribution in [3.8, 4) is 22.5 Å². The Labute approximate surface area is 340 Å². The predicted molar refractivity (Wildman–Crippen MR) is 251 cm³/mol. The van der Waals surface area contributed by atoms with E-state index in [0.29, 0.717) is 0 Å². The van der Waals surface area contributed by atoms with E-state index in [4.69, 9.17) is 0 Å². The Hall–Kier alpha value is -7.20. The highest BCUT2D eigenvalue weighted by atomic mass is 28.3.